The smallest absolute Gasteiger partial charge is 0.418 e. The van der Waals surface area contributed by atoms with Crippen molar-refractivity contribution < 1.29 is 50.7 Å². The molecule has 3 aromatic heterocycles. The summed E-state index contributed by atoms with van der Waals surface area (Å²) in [5, 5.41) is 15.5. The van der Waals surface area contributed by atoms with Crippen LogP contribution in [-0.2, 0) is 47.4 Å². The molecule has 1 aliphatic heterocycles. The van der Waals surface area contributed by atoms with Crippen molar-refractivity contribution in [3.05, 3.63) is 41.3 Å². The molecular formula is C27H33N6O10S2+. The number of ether oxygens (including phenoxy) is 1. The van der Waals surface area contributed by atoms with Crippen LogP contribution >= 0.6 is 11.3 Å². The third-order valence-corrected chi connectivity index (χ3v) is 9.13. The van der Waals surface area contributed by atoms with E-state index in [1.54, 1.807) is 12.3 Å². The van der Waals surface area contributed by atoms with Gasteiger partial charge in [-0.25, -0.2) is 14.3 Å². The molecule has 1 saturated carbocycles. The molecule has 242 valence electrons. The molecule has 45 heavy (non-hydrogen) atoms. The van der Waals surface area contributed by atoms with Gasteiger partial charge in [-0.1, -0.05) is 11.6 Å². The number of fused-ring (bicyclic) bond motifs is 1. The predicted octanol–water partition coefficient (Wildman–Crippen LogP) is 1.33. The number of anilines is 1. The normalized spacial score (nSPS) is 19.2. The van der Waals surface area contributed by atoms with E-state index in [4.69, 9.17) is 19.9 Å². The Bertz CT molecular complexity index is 1780. The van der Waals surface area contributed by atoms with E-state index < -0.39 is 64.4 Å². The molecule has 4 heterocycles. The van der Waals surface area contributed by atoms with Gasteiger partial charge in [0.25, 0.3) is 17.7 Å². The highest BCUT2D eigenvalue weighted by Crippen LogP contribution is 2.40. The van der Waals surface area contributed by atoms with Crippen LogP contribution in [0, 0.1) is 11.8 Å². The fourth-order valence-corrected chi connectivity index (χ4v) is 6.26. The highest BCUT2D eigenvalue weighted by atomic mass is 32.3. The summed E-state index contributed by atoms with van der Waals surface area (Å²) in [5.74, 6) is -3.03. The number of carboxylic acids is 1. The largest absolute Gasteiger partial charge is 0.485 e. The molecule has 0 unspecified atom stereocenters. The number of imidazole rings is 1. The number of Topliss-reactive ketones (excluding diaryl/α,β-unsaturated/α-hetero) is 1. The van der Waals surface area contributed by atoms with Crippen LogP contribution in [0.5, 0.6) is 5.75 Å². The van der Waals surface area contributed by atoms with Crippen molar-refractivity contribution >= 4 is 55.9 Å². The number of β-lactam (4-membered cyclic amide) rings is 1. The number of nitrogens with two attached hydrogens (primary N) is 1. The Morgan fingerprint density at radius 2 is 2.02 bits per heavy atom. The highest BCUT2D eigenvalue weighted by Gasteiger charge is 2.57. The van der Waals surface area contributed by atoms with Gasteiger partial charge in [0.05, 0.1) is 18.5 Å². The van der Waals surface area contributed by atoms with Gasteiger partial charge < -0.3 is 20.4 Å². The fourth-order valence-electron chi connectivity index (χ4n) is 5.26. The summed E-state index contributed by atoms with van der Waals surface area (Å²) < 4.78 is 45.3. The van der Waals surface area contributed by atoms with E-state index in [1.807, 2.05) is 23.7 Å². The number of nitrogens with zero attached hydrogens (tertiary/aromatic N) is 5. The third kappa shape index (κ3) is 6.92. The summed E-state index contributed by atoms with van der Waals surface area (Å²) in [6, 6.07) is 3.58. The Labute approximate surface area is 261 Å². The first-order valence-electron chi connectivity index (χ1n) is 14.0. The Morgan fingerprint density at radius 1 is 1.29 bits per heavy atom. The number of carbonyl (C=O) groups is 3. The number of hydrogen-bond donors (Lipinski definition) is 3. The standard InChI is InChI=1S/C27H32N6O10S2/c1-27(2)18(24(35)33(27)43-45(38,39)40)10-20(34)23(19-14-44-26(28)29-19)30-42-21(25(36)37)13-41-17-7-8-22-31(3)16(11-32(22)12-17)9-15-5-4-6-15/h7-8,11-12,14-15,18,21H,4-6,9-10,13H2,1-3H3,(H3-,28,29,36,37,38,39,40)/p+1/b30-23-/t18-,21-/m1/s1. The third-order valence-electron chi connectivity index (χ3n) is 8.12. The Balaban J connectivity index is 1.29. The maximum absolute atomic E-state index is 13.3. The molecule has 2 aliphatic rings. The van der Waals surface area contributed by atoms with Crippen molar-refractivity contribution in [2.75, 3.05) is 12.3 Å². The van der Waals surface area contributed by atoms with Crippen molar-refractivity contribution in [2.24, 2.45) is 24.0 Å². The lowest BCUT2D eigenvalue weighted by Crippen LogP contribution is -2.68. The lowest BCUT2D eigenvalue weighted by atomic mass is 9.74. The number of nitrogen functional groups attached to an aromatic ring is 1. The van der Waals surface area contributed by atoms with Gasteiger partial charge in [0, 0.05) is 24.3 Å². The minimum atomic E-state index is -4.98. The minimum Gasteiger partial charge on any atom is -0.485 e. The summed E-state index contributed by atoms with van der Waals surface area (Å²) in [4.78, 5) is 47.2. The summed E-state index contributed by atoms with van der Waals surface area (Å²) in [7, 11) is -2.98. The number of pyridine rings is 1. The van der Waals surface area contributed by atoms with E-state index in [0.29, 0.717) is 16.7 Å². The number of ketones is 1. The molecule has 0 spiro atoms. The summed E-state index contributed by atoms with van der Waals surface area (Å²) >= 11 is 0.998. The minimum absolute atomic E-state index is 0.00758. The number of hydrogen-bond acceptors (Lipinski definition) is 12. The zero-order chi connectivity index (χ0) is 32.7. The highest BCUT2D eigenvalue weighted by molar-refractivity contribution is 7.80. The van der Waals surface area contributed by atoms with E-state index in [1.165, 1.54) is 44.2 Å². The number of oxime groups is 1. The quantitative estimate of drug-likeness (QED) is 0.0731. The molecule has 2 fully saturated rings. The van der Waals surface area contributed by atoms with Crippen LogP contribution in [0.15, 0.2) is 35.1 Å². The van der Waals surface area contributed by atoms with Crippen molar-refractivity contribution in [1.29, 1.82) is 0 Å². The maximum Gasteiger partial charge on any atom is 0.418 e. The number of rotatable bonds is 14. The Hall–Kier alpha value is -4.13. The molecule has 5 rings (SSSR count). The van der Waals surface area contributed by atoms with Gasteiger partial charge in [-0.15, -0.1) is 15.6 Å². The van der Waals surface area contributed by atoms with Crippen LogP contribution in [0.3, 0.4) is 0 Å². The molecule has 0 radical (unpaired) electrons. The molecule has 1 amide bonds. The zero-order valence-electron chi connectivity index (χ0n) is 24.7. The van der Waals surface area contributed by atoms with Gasteiger partial charge in [-0.05, 0) is 38.7 Å². The van der Waals surface area contributed by atoms with Crippen LogP contribution in [0.25, 0.3) is 5.65 Å². The number of carboxylic acid groups (broad SMARTS) is 1. The number of amides is 1. The van der Waals surface area contributed by atoms with Crippen molar-refractivity contribution in [2.45, 2.75) is 57.6 Å². The number of aryl methyl sites for hydroxylation is 1. The summed E-state index contributed by atoms with van der Waals surface area (Å²) in [5.41, 5.74) is 6.14. The van der Waals surface area contributed by atoms with E-state index in [2.05, 4.69) is 19.0 Å². The Morgan fingerprint density at radius 3 is 2.60 bits per heavy atom. The molecule has 0 aromatic carbocycles. The first kappa shape index (κ1) is 32.3. The topological polar surface area (TPSA) is 217 Å². The lowest BCUT2D eigenvalue weighted by Gasteiger charge is -2.50. The number of carbonyl (C=O) groups excluding carboxylic acids is 2. The second-order valence-electron chi connectivity index (χ2n) is 11.5. The molecule has 2 atom stereocenters. The molecule has 0 bridgehead atoms. The second kappa shape index (κ2) is 12.3. The number of hydroxylamine groups is 2. The van der Waals surface area contributed by atoms with Crippen molar-refractivity contribution in [3.63, 3.8) is 0 Å². The SMILES string of the molecule is Cn1c(CC2CCC2)c[n+]2cc(OC[C@@H](O/N=C(\C(=O)C[C@@H]3C(=O)N(OS(=O)(=O)O)C3(C)C)c3csc(N)n3)C(=O)O)ccc12. The van der Waals surface area contributed by atoms with Gasteiger partial charge in [0.2, 0.25) is 0 Å². The lowest BCUT2D eigenvalue weighted by molar-refractivity contribution is -0.511. The van der Waals surface area contributed by atoms with Gasteiger partial charge in [0.1, 0.15) is 30.4 Å². The van der Waals surface area contributed by atoms with E-state index in [0.717, 1.165) is 23.4 Å². The van der Waals surface area contributed by atoms with Gasteiger partial charge >= 0.3 is 16.4 Å². The van der Waals surface area contributed by atoms with Crippen LogP contribution < -0.4 is 14.9 Å². The zero-order valence-corrected chi connectivity index (χ0v) is 26.3. The molecule has 1 aliphatic carbocycles. The second-order valence-corrected chi connectivity index (χ2v) is 13.4. The van der Waals surface area contributed by atoms with Crippen LogP contribution in [-0.4, -0.2) is 74.3 Å². The fraction of sp³-hybridized carbons (Fsp3) is 0.481. The molecule has 1 saturated heterocycles. The molecule has 4 N–H and O–H groups in total. The monoisotopic (exact) mass is 665 g/mol. The maximum atomic E-state index is 13.3. The number of thiazole rings is 1. The van der Waals surface area contributed by atoms with Crippen LogP contribution in [0.4, 0.5) is 5.13 Å². The first-order valence-corrected chi connectivity index (χ1v) is 16.2. The van der Waals surface area contributed by atoms with Crippen LogP contribution in [0.1, 0.15) is 50.9 Å². The first-order chi connectivity index (χ1) is 21.1. The molecular weight excluding hydrogens is 632 g/mol. The van der Waals surface area contributed by atoms with Crippen LogP contribution in [0.2, 0.25) is 0 Å². The number of aliphatic carboxylic acids is 1. The van der Waals surface area contributed by atoms with Gasteiger partial charge in [0.15, 0.2) is 22.4 Å². The summed E-state index contributed by atoms with van der Waals surface area (Å²) in [6.45, 7) is 2.41. The summed E-state index contributed by atoms with van der Waals surface area (Å²) in [6.07, 6.45) is 6.34. The molecule has 16 nitrogen and oxygen atoms in total. The van der Waals surface area contributed by atoms with E-state index in [9.17, 15) is 27.9 Å². The van der Waals surface area contributed by atoms with Crippen molar-refractivity contribution in [1.82, 2.24) is 14.6 Å². The van der Waals surface area contributed by atoms with E-state index in [-0.39, 0.29) is 10.8 Å². The van der Waals surface area contributed by atoms with Crippen molar-refractivity contribution in [3.8, 4) is 5.75 Å². The predicted molar refractivity (Wildman–Crippen MR) is 157 cm³/mol. The average Bonchev–Trinajstić information content (AvgIpc) is 3.50. The van der Waals surface area contributed by atoms with Gasteiger partial charge in [-0.3, -0.25) is 14.1 Å². The van der Waals surface area contributed by atoms with E-state index >= 15 is 0 Å². The number of aromatic nitrogens is 3. The average molecular weight is 666 g/mol. The Kier molecular flexibility index (Phi) is 8.85. The molecule has 3 aromatic rings. The van der Waals surface area contributed by atoms with Gasteiger partial charge in [-0.2, -0.15) is 17.9 Å². The molecule has 18 heteroatoms.